The summed E-state index contributed by atoms with van der Waals surface area (Å²) in [6.07, 6.45) is 2.76. The van der Waals surface area contributed by atoms with Gasteiger partial charge in [0.05, 0.1) is 41.8 Å². The fraction of sp³-hybridized carbons (Fsp3) is 0.370. The van der Waals surface area contributed by atoms with Gasteiger partial charge in [0.2, 0.25) is 0 Å². The van der Waals surface area contributed by atoms with Gasteiger partial charge >= 0.3 is 0 Å². The van der Waals surface area contributed by atoms with Crippen molar-refractivity contribution in [1.82, 2.24) is 19.7 Å². The van der Waals surface area contributed by atoms with E-state index >= 15 is 0 Å². The standard InChI is InChI=1S/C27H27FN4O4/c1-16-12-20-23(30-26(33)21-14-29-32(25(20)21)17-6-9-35-10-7-17)13-19(16)27(34)31-8-11-36-24(15-31)18-4-2-3-5-22(18)28/h2-5,12-14,17,24H,6-11,15H2,1H3,(H,30,33). The first-order valence-corrected chi connectivity index (χ1v) is 12.3. The van der Waals surface area contributed by atoms with Crippen molar-refractivity contribution in [1.29, 1.82) is 0 Å². The number of benzene rings is 2. The predicted octanol–water partition coefficient (Wildman–Crippen LogP) is 3.89. The Morgan fingerprint density at radius 2 is 1.94 bits per heavy atom. The Morgan fingerprint density at radius 3 is 2.75 bits per heavy atom. The van der Waals surface area contributed by atoms with Gasteiger partial charge in [-0.3, -0.25) is 14.3 Å². The molecule has 2 aromatic heterocycles. The highest BCUT2D eigenvalue weighted by molar-refractivity contribution is 6.07. The van der Waals surface area contributed by atoms with E-state index in [9.17, 15) is 14.0 Å². The predicted molar refractivity (Wildman–Crippen MR) is 133 cm³/mol. The number of nitrogens with one attached hydrogen (secondary N) is 1. The van der Waals surface area contributed by atoms with Crippen molar-refractivity contribution in [3.63, 3.8) is 0 Å². The number of morpholine rings is 1. The van der Waals surface area contributed by atoms with Crippen molar-refractivity contribution >= 4 is 27.7 Å². The molecule has 1 amide bonds. The highest BCUT2D eigenvalue weighted by Crippen LogP contribution is 2.31. The zero-order valence-electron chi connectivity index (χ0n) is 20.0. The van der Waals surface area contributed by atoms with E-state index in [1.807, 2.05) is 17.7 Å². The van der Waals surface area contributed by atoms with Crippen LogP contribution in [0.2, 0.25) is 0 Å². The number of pyridine rings is 1. The Labute approximate surface area is 206 Å². The summed E-state index contributed by atoms with van der Waals surface area (Å²) in [6.45, 7) is 4.21. The van der Waals surface area contributed by atoms with Gasteiger partial charge in [0.1, 0.15) is 11.9 Å². The monoisotopic (exact) mass is 490 g/mol. The molecular formula is C27H27FN4O4. The number of aromatic amines is 1. The molecule has 0 radical (unpaired) electrons. The van der Waals surface area contributed by atoms with Gasteiger partial charge in [-0.2, -0.15) is 5.10 Å². The molecule has 0 aliphatic carbocycles. The van der Waals surface area contributed by atoms with Crippen molar-refractivity contribution in [3.05, 3.63) is 75.5 Å². The van der Waals surface area contributed by atoms with Gasteiger partial charge in [-0.15, -0.1) is 0 Å². The van der Waals surface area contributed by atoms with Crippen molar-refractivity contribution in [2.45, 2.75) is 31.9 Å². The van der Waals surface area contributed by atoms with Crippen molar-refractivity contribution < 1.29 is 18.7 Å². The quantitative estimate of drug-likeness (QED) is 0.471. The number of carbonyl (C=O) groups excluding carboxylic acids is 1. The third-order valence-electron chi connectivity index (χ3n) is 7.28. The van der Waals surface area contributed by atoms with Crippen LogP contribution in [0.5, 0.6) is 0 Å². The summed E-state index contributed by atoms with van der Waals surface area (Å²) in [7, 11) is 0. The van der Waals surface area contributed by atoms with Gasteiger partial charge in [-0.1, -0.05) is 18.2 Å². The van der Waals surface area contributed by atoms with Crippen molar-refractivity contribution in [2.24, 2.45) is 0 Å². The fourth-order valence-corrected chi connectivity index (χ4v) is 5.36. The number of H-pyrrole nitrogens is 1. The molecule has 2 aliphatic rings. The van der Waals surface area contributed by atoms with Crippen LogP contribution in [0.15, 0.2) is 47.4 Å². The summed E-state index contributed by atoms with van der Waals surface area (Å²) >= 11 is 0. The number of hydrogen-bond donors (Lipinski definition) is 1. The summed E-state index contributed by atoms with van der Waals surface area (Å²) < 4.78 is 27.6. The first-order valence-electron chi connectivity index (χ1n) is 12.3. The lowest BCUT2D eigenvalue weighted by molar-refractivity contribution is -0.0243. The number of amides is 1. The zero-order chi connectivity index (χ0) is 24.8. The molecule has 1 N–H and O–H groups in total. The summed E-state index contributed by atoms with van der Waals surface area (Å²) in [5.41, 5.74) is 2.89. The summed E-state index contributed by atoms with van der Waals surface area (Å²) in [4.78, 5) is 31.1. The lowest BCUT2D eigenvalue weighted by Gasteiger charge is -2.33. The van der Waals surface area contributed by atoms with Crippen LogP contribution in [-0.2, 0) is 9.47 Å². The fourth-order valence-electron chi connectivity index (χ4n) is 5.36. The van der Waals surface area contributed by atoms with E-state index in [-0.39, 0.29) is 29.9 Å². The van der Waals surface area contributed by atoms with Crippen LogP contribution >= 0.6 is 0 Å². The number of aromatic nitrogens is 3. The summed E-state index contributed by atoms with van der Waals surface area (Å²) in [6, 6.07) is 10.3. The number of carbonyl (C=O) groups is 1. The Hall–Kier alpha value is -3.56. The molecule has 2 saturated heterocycles. The van der Waals surface area contributed by atoms with Gasteiger partial charge in [0.25, 0.3) is 11.5 Å². The minimum absolute atomic E-state index is 0.159. The van der Waals surface area contributed by atoms with Crippen LogP contribution in [0.25, 0.3) is 21.8 Å². The minimum Gasteiger partial charge on any atom is -0.381 e. The van der Waals surface area contributed by atoms with E-state index in [1.54, 1.807) is 35.4 Å². The molecular weight excluding hydrogens is 463 g/mol. The molecule has 2 fully saturated rings. The number of rotatable bonds is 3. The SMILES string of the molecule is Cc1cc2c(cc1C(=O)N1CCOC(c3ccccc3F)C1)[nH]c(=O)c1cnn(C3CCOCC3)c12. The smallest absolute Gasteiger partial charge is 0.259 e. The van der Waals surface area contributed by atoms with Crippen LogP contribution in [0.3, 0.4) is 0 Å². The van der Waals surface area contributed by atoms with Crippen molar-refractivity contribution in [3.8, 4) is 0 Å². The van der Waals surface area contributed by atoms with Crippen LogP contribution in [0, 0.1) is 12.7 Å². The molecule has 1 unspecified atom stereocenters. The first kappa shape index (κ1) is 22.9. The largest absolute Gasteiger partial charge is 0.381 e. The average Bonchev–Trinajstić information content (AvgIpc) is 3.36. The van der Waals surface area contributed by atoms with E-state index in [1.165, 1.54) is 6.07 Å². The second kappa shape index (κ2) is 9.15. The second-order valence-corrected chi connectivity index (χ2v) is 9.49. The Morgan fingerprint density at radius 1 is 1.14 bits per heavy atom. The molecule has 36 heavy (non-hydrogen) atoms. The van der Waals surface area contributed by atoms with Crippen LogP contribution in [0.4, 0.5) is 4.39 Å². The lowest BCUT2D eigenvalue weighted by atomic mass is 10.0. The molecule has 6 rings (SSSR count). The first-order chi connectivity index (χ1) is 17.5. The molecule has 9 heteroatoms. The minimum atomic E-state index is -0.530. The average molecular weight is 491 g/mol. The van der Waals surface area contributed by atoms with E-state index in [2.05, 4.69) is 10.1 Å². The molecule has 4 aromatic rings. The molecule has 2 aromatic carbocycles. The van der Waals surface area contributed by atoms with Gasteiger partial charge < -0.3 is 19.4 Å². The van der Waals surface area contributed by atoms with Crippen LogP contribution in [-0.4, -0.2) is 58.5 Å². The highest BCUT2D eigenvalue weighted by atomic mass is 19.1. The van der Waals surface area contributed by atoms with E-state index < -0.39 is 6.10 Å². The maximum Gasteiger partial charge on any atom is 0.259 e. The van der Waals surface area contributed by atoms with E-state index in [0.29, 0.717) is 48.4 Å². The second-order valence-electron chi connectivity index (χ2n) is 9.49. The third kappa shape index (κ3) is 3.88. The molecule has 8 nitrogen and oxygen atoms in total. The number of hydrogen-bond acceptors (Lipinski definition) is 5. The highest BCUT2D eigenvalue weighted by Gasteiger charge is 2.29. The third-order valence-corrected chi connectivity index (χ3v) is 7.28. The van der Waals surface area contributed by atoms with Crippen LogP contribution < -0.4 is 5.56 Å². The number of ether oxygens (including phenoxy) is 2. The molecule has 186 valence electrons. The Bertz CT molecular complexity index is 1520. The van der Waals surface area contributed by atoms with E-state index in [4.69, 9.17) is 9.47 Å². The maximum absolute atomic E-state index is 14.3. The molecule has 0 bridgehead atoms. The number of nitrogens with zero attached hydrogens (tertiary/aromatic N) is 3. The van der Waals surface area contributed by atoms with Crippen molar-refractivity contribution in [2.75, 3.05) is 32.9 Å². The van der Waals surface area contributed by atoms with Gasteiger partial charge in [-0.25, -0.2) is 4.39 Å². The molecule has 2 aliphatic heterocycles. The Kier molecular flexibility index (Phi) is 5.81. The number of aryl methyl sites for hydroxylation is 1. The van der Waals surface area contributed by atoms with Crippen LogP contribution in [0.1, 0.15) is 46.5 Å². The zero-order valence-corrected chi connectivity index (χ0v) is 20.0. The lowest BCUT2D eigenvalue weighted by Crippen LogP contribution is -2.42. The number of fused-ring (bicyclic) bond motifs is 3. The molecule has 0 spiro atoms. The Balaban J connectivity index is 1.38. The van der Waals surface area contributed by atoms with Gasteiger partial charge in [0, 0.05) is 36.3 Å². The van der Waals surface area contributed by atoms with E-state index in [0.717, 1.165) is 29.3 Å². The van der Waals surface area contributed by atoms with Gasteiger partial charge in [0.15, 0.2) is 0 Å². The summed E-state index contributed by atoms with van der Waals surface area (Å²) in [5, 5.41) is 5.95. The normalized spacial score (nSPS) is 19.3. The molecule has 1 atom stereocenters. The summed E-state index contributed by atoms with van der Waals surface area (Å²) in [5.74, 6) is -0.515. The molecule has 0 saturated carbocycles. The maximum atomic E-state index is 14.3. The topological polar surface area (TPSA) is 89.5 Å². The molecule has 4 heterocycles. The van der Waals surface area contributed by atoms with Gasteiger partial charge in [-0.05, 0) is 43.5 Å². The number of halogens is 1.